The van der Waals surface area contributed by atoms with Crippen LogP contribution >= 0.6 is 0 Å². The summed E-state index contributed by atoms with van der Waals surface area (Å²) in [5.74, 6) is 0.239. The fourth-order valence-electron chi connectivity index (χ4n) is 3.52. The highest BCUT2D eigenvalue weighted by molar-refractivity contribution is 5.83. The molecule has 0 aliphatic carbocycles. The zero-order valence-corrected chi connectivity index (χ0v) is 13.8. The number of hydrogen-bond acceptors (Lipinski definition) is 2. The van der Waals surface area contributed by atoms with Gasteiger partial charge in [-0.05, 0) is 43.9 Å². The number of rotatable bonds is 5. The number of carbonyl (C=O) groups excluding carboxylic acids is 1. The first-order chi connectivity index (χ1) is 10.5. The molecular formula is C18H27FN2O. The van der Waals surface area contributed by atoms with Crippen LogP contribution in [-0.2, 0) is 4.79 Å². The Morgan fingerprint density at radius 3 is 2.41 bits per heavy atom. The largest absolute Gasteiger partial charge is 0.339 e. The van der Waals surface area contributed by atoms with Gasteiger partial charge in [-0.15, -0.1) is 0 Å². The van der Waals surface area contributed by atoms with Gasteiger partial charge in [-0.3, -0.25) is 4.79 Å². The highest BCUT2D eigenvalue weighted by Gasteiger charge is 2.42. The summed E-state index contributed by atoms with van der Waals surface area (Å²) in [4.78, 5) is 15.0. The Labute approximate surface area is 132 Å². The highest BCUT2D eigenvalue weighted by Crippen LogP contribution is 2.36. The normalized spacial score (nSPS) is 22.1. The molecular weight excluding hydrogens is 279 g/mol. The number of hydrogen-bond donors (Lipinski definition) is 1. The van der Waals surface area contributed by atoms with Crippen molar-refractivity contribution in [2.75, 3.05) is 13.1 Å². The first-order valence-electron chi connectivity index (χ1n) is 8.24. The molecule has 22 heavy (non-hydrogen) atoms. The molecule has 4 heteroatoms. The predicted molar refractivity (Wildman–Crippen MR) is 87.0 cm³/mol. The van der Waals surface area contributed by atoms with Gasteiger partial charge in [0.1, 0.15) is 5.82 Å². The summed E-state index contributed by atoms with van der Waals surface area (Å²) >= 11 is 0. The summed E-state index contributed by atoms with van der Waals surface area (Å²) in [6, 6.07) is 6.85. The zero-order chi connectivity index (χ0) is 16.3. The molecule has 1 fully saturated rings. The topological polar surface area (TPSA) is 46.3 Å². The van der Waals surface area contributed by atoms with Gasteiger partial charge < -0.3 is 10.6 Å². The molecule has 2 atom stereocenters. The molecule has 1 aromatic rings. The molecule has 2 N–H and O–H groups in total. The maximum atomic E-state index is 13.1. The molecule has 0 bridgehead atoms. The molecule has 1 heterocycles. The molecule has 0 radical (unpaired) electrons. The Hall–Kier alpha value is -1.42. The van der Waals surface area contributed by atoms with Gasteiger partial charge in [-0.2, -0.15) is 0 Å². The number of nitrogens with two attached hydrogens (primary N) is 1. The number of benzene rings is 1. The lowest BCUT2D eigenvalue weighted by molar-refractivity contribution is -0.142. The van der Waals surface area contributed by atoms with E-state index in [9.17, 15) is 9.18 Å². The number of likely N-dealkylation sites (tertiary alicyclic amines) is 1. The molecule has 2 rings (SSSR count). The van der Waals surface area contributed by atoms with Crippen molar-refractivity contribution in [3.8, 4) is 0 Å². The van der Waals surface area contributed by atoms with Crippen molar-refractivity contribution in [1.29, 1.82) is 0 Å². The number of carbonyl (C=O) groups is 1. The third-order valence-corrected chi connectivity index (χ3v) is 5.38. The molecule has 0 aromatic heterocycles. The summed E-state index contributed by atoms with van der Waals surface area (Å²) < 4.78 is 13.1. The Morgan fingerprint density at radius 2 is 1.91 bits per heavy atom. The Morgan fingerprint density at radius 1 is 1.32 bits per heavy atom. The van der Waals surface area contributed by atoms with Crippen LogP contribution in [0.1, 0.15) is 51.5 Å². The number of halogens is 1. The van der Waals surface area contributed by atoms with Crippen LogP contribution in [-0.4, -0.2) is 29.9 Å². The minimum Gasteiger partial charge on any atom is -0.339 e. The van der Waals surface area contributed by atoms with E-state index in [1.54, 1.807) is 0 Å². The van der Waals surface area contributed by atoms with Gasteiger partial charge >= 0.3 is 0 Å². The fourth-order valence-corrected chi connectivity index (χ4v) is 3.52. The van der Waals surface area contributed by atoms with E-state index in [1.165, 1.54) is 12.1 Å². The van der Waals surface area contributed by atoms with E-state index in [1.807, 2.05) is 30.9 Å². The Bertz CT molecular complexity index is 502. The quantitative estimate of drug-likeness (QED) is 0.907. The fraction of sp³-hybridized carbons (Fsp3) is 0.611. The van der Waals surface area contributed by atoms with Crippen LogP contribution in [0.2, 0.25) is 0 Å². The number of amides is 1. The van der Waals surface area contributed by atoms with E-state index in [2.05, 4.69) is 6.92 Å². The smallest absolute Gasteiger partial charge is 0.230 e. The predicted octanol–water partition coefficient (Wildman–Crippen LogP) is 3.30. The third-order valence-electron chi connectivity index (χ3n) is 5.38. The average Bonchev–Trinajstić information content (AvgIpc) is 2.92. The van der Waals surface area contributed by atoms with Gasteiger partial charge in [0.2, 0.25) is 5.91 Å². The number of nitrogens with zero attached hydrogens (tertiary/aromatic N) is 1. The summed E-state index contributed by atoms with van der Waals surface area (Å²) in [5.41, 5.74) is 6.58. The summed E-state index contributed by atoms with van der Waals surface area (Å²) in [6.07, 6.45) is 2.46. The minimum absolute atomic E-state index is 0.178. The molecule has 1 amide bonds. The third kappa shape index (κ3) is 3.02. The summed E-state index contributed by atoms with van der Waals surface area (Å²) in [5, 5.41) is 0. The monoisotopic (exact) mass is 306 g/mol. The van der Waals surface area contributed by atoms with E-state index in [0.29, 0.717) is 13.1 Å². The molecule has 1 aromatic carbocycles. The van der Waals surface area contributed by atoms with Crippen molar-refractivity contribution in [2.45, 2.75) is 52.0 Å². The van der Waals surface area contributed by atoms with Crippen LogP contribution in [0.3, 0.4) is 0 Å². The second kappa shape index (κ2) is 6.78. The van der Waals surface area contributed by atoms with E-state index >= 15 is 0 Å². The summed E-state index contributed by atoms with van der Waals surface area (Å²) in [7, 11) is 0. The van der Waals surface area contributed by atoms with E-state index < -0.39 is 5.41 Å². The van der Waals surface area contributed by atoms with Crippen molar-refractivity contribution >= 4 is 5.91 Å². The van der Waals surface area contributed by atoms with Crippen LogP contribution in [0.4, 0.5) is 4.39 Å². The second-order valence-corrected chi connectivity index (χ2v) is 6.48. The maximum Gasteiger partial charge on any atom is 0.230 e. The van der Waals surface area contributed by atoms with Gasteiger partial charge in [0.15, 0.2) is 0 Å². The van der Waals surface area contributed by atoms with Crippen LogP contribution in [0.25, 0.3) is 0 Å². The molecule has 122 valence electrons. The standard InChI is InChI=1S/C18H27FN2O/c1-4-18(5-2,12-20)17(22)21-11-15(10-13(21)3)14-6-8-16(19)9-7-14/h6-9,13,15H,4-5,10-12,20H2,1-3H3. The zero-order valence-electron chi connectivity index (χ0n) is 13.8. The van der Waals surface area contributed by atoms with E-state index in [-0.39, 0.29) is 23.7 Å². The van der Waals surface area contributed by atoms with Gasteiger partial charge in [0.25, 0.3) is 0 Å². The molecule has 1 aliphatic heterocycles. The summed E-state index contributed by atoms with van der Waals surface area (Å²) in [6.45, 7) is 7.25. The first kappa shape index (κ1) is 16.9. The molecule has 2 unspecified atom stereocenters. The average molecular weight is 306 g/mol. The lowest BCUT2D eigenvalue weighted by atomic mass is 9.81. The molecule has 0 spiro atoms. The lowest BCUT2D eigenvalue weighted by Gasteiger charge is -2.35. The van der Waals surface area contributed by atoms with Gasteiger partial charge in [-0.25, -0.2) is 4.39 Å². The minimum atomic E-state index is -0.439. The van der Waals surface area contributed by atoms with Gasteiger partial charge in [0.05, 0.1) is 5.41 Å². The van der Waals surface area contributed by atoms with Crippen molar-refractivity contribution in [1.82, 2.24) is 4.90 Å². The van der Waals surface area contributed by atoms with Crippen molar-refractivity contribution in [3.63, 3.8) is 0 Å². The van der Waals surface area contributed by atoms with E-state index in [4.69, 9.17) is 5.73 Å². The second-order valence-electron chi connectivity index (χ2n) is 6.48. The lowest BCUT2D eigenvalue weighted by Crippen LogP contribution is -2.48. The van der Waals surface area contributed by atoms with Crippen molar-refractivity contribution in [2.24, 2.45) is 11.1 Å². The Kier molecular flexibility index (Phi) is 5.22. The van der Waals surface area contributed by atoms with Crippen LogP contribution in [0.5, 0.6) is 0 Å². The van der Waals surface area contributed by atoms with E-state index in [0.717, 1.165) is 24.8 Å². The Balaban J connectivity index is 2.17. The van der Waals surface area contributed by atoms with Gasteiger partial charge in [0, 0.05) is 25.0 Å². The maximum absolute atomic E-state index is 13.1. The molecule has 1 saturated heterocycles. The first-order valence-corrected chi connectivity index (χ1v) is 8.24. The van der Waals surface area contributed by atoms with Crippen LogP contribution in [0.15, 0.2) is 24.3 Å². The molecule has 1 aliphatic rings. The molecule has 0 saturated carbocycles. The van der Waals surface area contributed by atoms with Crippen LogP contribution in [0, 0.1) is 11.2 Å². The highest BCUT2D eigenvalue weighted by atomic mass is 19.1. The molecule has 3 nitrogen and oxygen atoms in total. The SMILES string of the molecule is CCC(CC)(CN)C(=O)N1CC(c2ccc(F)cc2)CC1C. The van der Waals surface area contributed by atoms with Crippen molar-refractivity contribution < 1.29 is 9.18 Å². The van der Waals surface area contributed by atoms with Crippen LogP contribution < -0.4 is 5.73 Å². The van der Waals surface area contributed by atoms with Crippen molar-refractivity contribution in [3.05, 3.63) is 35.6 Å². The van der Waals surface area contributed by atoms with Gasteiger partial charge in [-0.1, -0.05) is 26.0 Å².